The number of alkyl halides is 3. The highest BCUT2D eigenvalue weighted by molar-refractivity contribution is 7.89. The number of rotatable bonds is 3. The SMILES string of the molecule is Cc1ccc(S(=O)(=O)NC2(C#N)COC2)c(C(F)(F)F)c1. The maximum Gasteiger partial charge on any atom is 0.417 e. The number of ether oxygens (including phenoxy) is 1. The van der Waals surface area contributed by atoms with Crippen molar-refractivity contribution in [1.82, 2.24) is 4.72 Å². The van der Waals surface area contributed by atoms with E-state index in [1.165, 1.54) is 13.0 Å². The van der Waals surface area contributed by atoms with Gasteiger partial charge >= 0.3 is 6.18 Å². The fourth-order valence-electron chi connectivity index (χ4n) is 1.86. The molecule has 5 nitrogen and oxygen atoms in total. The predicted octanol–water partition coefficient (Wildman–Crippen LogP) is 1.58. The Morgan fingerprint density at radius 3 is 2.43 bits per heavy atom. The molecule has 0 unspecified atom stereocenters. The van der Waals surface area contributed by atoms with Crippen LogP contribution in [-0.4, -0.2) is 27.2 Å². The van der Waals surface area contributed by atoms with Crippen LogP contribution < -0.4 is 4.72 Å². The molecule has 114 valence electrons. The van der Waals surface area contributed by atoms with E-state index in [-0.39, 0.29) is 18.8 Å². The van der Waals surface area contributed by atoms with Crippen molar-refractivity contribution in [3.05, 3.63) is 29.3 Å². The van der Waals surface area contributed by atoms with E-state index >= 15 is 0 Å². The summed E-state index contributed by atoms with van der Waals surface area (Å²) in [6, 6.07) is 4.61. The van der Waals surface area contributed by atoms with Gasteiger partial charge in [-0.15, -0.1) is 0 Å². The molecule has 0 bridgehead atoms. The molecule has 1 aromatic carbocycles. The van der Waals surface area contributed by atoms with Crippen LogP contribution in [0.5, 0.6) is 0 Å². The third-order valence-corrected chi connectivity index (χ3v) is 4.57. The van der Waals surface area contributed by atoms with Gasteiger partial charge in [-0.3, -0.25) is 0 Å². The molecule has 0 spiro atoms. The fraction of sp³-hybridized carbons (Fsp3) is 0.417. The van der Waals surface area contributed by atoms with Crippen LogP contribution >= 0.6 is 0 Å². The first kappa shape index (κ1) is 15.8. The number of sulfonamides is 1. The Morgan fingerprint density at radius 1 is 1.38 bits per heavy atom. The molecule has 0 aromatic heterocycles. The van der Waals surface area contributed by atoms with Crippen LogP contribution in [0.25, 0.3) is 0 Å². The van der Waals surface area contributed by atoms with E-state index in [4.69, 9.17) is 10.00 Å². The predicted molar refractivity (Wildman–Crippen MR) is 65.7 cm³/mol. The van der Waals surface area contributed by atoms with E-state index in [9.17, 15) is 21.6 Å². The number of nitrogens with one attached hydrogen (secondary N) is 1. The quantitative estimate of drug-likeness (QED) is 0.917. The van der Waals surface area contributed by atoms with E-state index in [2.05, 4.69) is 0 Å². The minimum atomic E-state index is -4.81. The van der Waals surface area contributed by atoms with Gasteiger partial charge in [-0.1, -0.05) is 11.6 Å². The molecule has 1 fully saturated rings. The maximum atomic E-state index is 13.0. The summed E-state index contributed by atoms with van der Waals surface area (Å²) in [5.41, 5.74) is -2.49. The highest BCUT2D eigenvalue weighted by atomic mass is 32.2. The highest BCUT2D eigenvalue weighted by Crippen LogP contribution is 2.35. The number of hydrogen-bond acceptors (Lipinski definition) is 4. The Morgan fingerprint density at radius 2 is 2.00 bits per heavy atom. The molecule has 1 aromatic rings. The largest absolute Gasteiger partial charge is 0.417 e. The first-order chi connectivity index (χ1) is 9.60. The van der Waals surface area contributed by atoms with Gasteiger partial charge in [0.1, 0.15) is 0 Å². The summed E-state index contributed by atoms with van der Waals surface area (Å²) in [4.78, 5) is -0.901. The summed E-state index contributed by atoms with van der Waals surface area (Å²) in [6.07, 6.45) is -4.81. The number of benzene rings is 1. The second-order valence-corrected chi connectivity index (χ2v) is 6.44. The molecule has 0 saturated carbocycles. The van der Waals surface area contributed by atoms with E-state index in [0.717, 1.165) is 12.1 Å². The zero-order chi connectivity index (χ0) is 15.9. The Hall–Kier alpha value is -1.63. The smallest absolute Gasteiger partial charge is 0.375 e. The third kappa shape index (κ3) is 3.02. The first-order valence-electron chi connectivity index (χ1n) is 5.80. The van der Waals surface area contributed by atoms with Gasteiger partial charge in [-0.2, -0.15) is 23.2 Å². The van der Waals surface area contributed by atoms with Crippen molar-refractivity contribution in [2.75, 3.05) is 13.2 Å². The zero-order valence-electron chi connectivity index (χ0n) is 10.9. The number of halogens is 3. The second kappa shape index (κ2) is 4.98. The van der Waals surface area contributed by atoms with Crippen molar-refractivity contribution in [2.45, 2.75) is 23.5 Å². The molecule has 1 aliphatic rings. The van der Waals surface area contributed by atoms with Crippen molar-refractivity contribution >= 4 is 10.0 Å². The number of aryl methyl sites for hydroxylation is 1. The zero-order valence-corrected chi connectivity index (χ0v) is 11.7. The molecule has 1 N–H and O–H groups in total. The summed E-state index contributed by atoms with van der Waals surface area (Å²) in [6.45, 7) is 1.03. The van der Waals surface area contributed by atoms with Crippen molar-refractivity contribution in [2.24, 2.45) is 0 Å². The van der Waals surface area contributed by atoms with Gasteiger partial charge in [0, 0.05) is 0 Å². The Balaban J connectivity index is 2.48. The maximum absolute atomic E-state index is 13.0. The molecule has 21 heavy (non-hydrogen) atoms. The Bertz CT molecular complexity index is 703. The summed E-state index contributed by atoms with van der Waals surface area (Å²) in [7, 11) is -4.49. The topological polar surface area (TPSA) is 79.2 Å². The van der Waals surface area contributed by atoms with Gasteiger partial charge in [0.2, 0.25) is 10.0 Å². The molecule has 0 aliphatic carbocycles. The van der Waals surface area contributed by atoms with Gasteiger partial charge in [-0.25, -0.2) is 8.42 Å². The summed E-state index contributed by atoms with van der Waals surface area (Å²) < 4.78 is 70.0. The molecular formula is C12H11F3N2O3S. The van der Waals surface area contributed by atoms with Crippen LogP contribution in [-0.2, 0) is 20.9 Å². The molecule has 1 aliphatic heterocycles. The molecule has 1 saturated heterocycles. The van der Waals surface area contributed by atoms with E-state index in [1.807, 2.05) is 4.72 Å². The van der Waals surface area contributed by atoms with Gasteiger partial charge in [0.15, 0.2) is 5.54 Å². The van der Waals surface area contributed by atoms with Crippen molar-refractivity contribution in [3.63, 3.8) is 0 Å². The lowest BCUT2D eigenvalue weighted by Crippen LogP contribution is -2.61. The molecule has 0 amide bonds. The summed E-state index contributed by atoms with van der Waals surface area (Å²) in [5, 5.41) is 8.94. The van der Waals surface area contributed by atoms with Gasteiger partial charge < -0.3 is 4.74 Å². The lowest BCUT2D eigenvalue weighted by atomic mass is 10.0. The summed E-state index contributed by atoms with van der Waals surface area (Å²) in [5.74, 6) is 0. The first-order valence-corrected chi connectivity index (χ1v) is 7.29. The van der Waals surface area contributed by atoms with E-state index in [0.29, 0.717) is 0 Å². The minimum Gasteiger partial charge on any atom is -0.375 e. The number of nitriles is 1. The van der Waals surface area contributed by atoms with E-state index < -0.39 is 32.2 Å². The minimum absolute atomic E-state index is 0.198. The van der Waals surface area contributed by atoms with Crippen LogP contribution in [0.2, 0.25) is 0 Å². The average molecular weight is 320 g/mol. The lowest BCUT2D eigenvalue weighted by molar-refractivity contribution is -0.140. The molecule has 1 heterocycles. The highest BCUT2D eigenvalue weighted by Gasteiger charge is 2.45. The molecule has 0 atom stereocenters. The van der Waals surface area contributed by atoms with Gasteiger partial charge in [0.05, 0.1) is 29.7 Å². The summed E-state index contributed by atoms with van der Waals surface area (Å²) >= 11 is 0. The van der Waals surface area contributed by atoms with Crippen LogP contribution in [0.4, 0.5) is 13.2 Å². The molecule has 2 rings (SSSR count). The van der Waals surface area contributed by atoms with Gasteiger partial charge in [-0.05, 0) is 19.1 Å². The van der Waals surface area contributed by atoms with Crippen molar-refractivity contribution in [3.8, 4) is 6.07 Å². The third-order valence-electron chi connectivity index (χ3n) is 2.97. The molecule has 0 radical (unpaired) electrons. The molecule has 9 heteroatoms. The lowest BCUT2D eigenvalue weighted by Gasteiger charge is -2.35. The normalized spacial score (nSPS) is 17.9. The monoisotopic (exact) mass is 320 g/mol. The average Bonchev–Trinajstić information content (AvgIpc) is 2.32. The Kier molecular flexibility index (Phi) is 3.73. The number of hydrogen-bond donors (Lipinski definition) is 1. The molecular weight excluding hydrogens is 309 g/mol. The fourth-order valence-corrected chi connectivity index (χ4v) is 3.36. The Labute approximate surface area is 119 Å². The van der Waals surface area contributed by atoms with Crippen LogP contribution in [0.3, 0.4) is 0 Å². The van der Waals surface area contributed by atoms with Crippen LogP contribution in [0.1, 0.15) is 11.1 Å². The van der Waals surface area contributed by atoms with E-state index in [1.54, 1.807) is 6.07 Å². The van der Waals surface area contributed by atoms with Crippen molar-refractivity contribution < 1.29 is 26.3 Å². The van der Waals surface area contributed by atoms with Crippen LogP contribution in [0, 0.1) is 18.3 Å². The van der Waals surface area contributed by atoms with Crippen LogP contribution in [0.15, 0.2) is 23.1 Å². The standard InChI is InChI=1S/C12H11F3N2O3S/c1-8-2-3-10(9(4-8)12(13,14)15)21(18,19)17-11(5-16)6-20-7-11/h2-4,17H,6-7H2,1H3. The second-order valence-electron chi connectivity index (χ2n) is 4.79. The number of nitrogens with zero attached hydrogens (tertiary/aromatic N) is 1. The van der Waals surface area contributed by atoms with Gasteiger partial charge in [0.25, 0.3) is 0 Å². The van der Waals surface area contributed by atoms with Crippen molar-refractivity contribution in [1.29, 1.82) is 5.26 Å².